The third-order valence-electron chi connectivity index (χ3n) is 6.84. The summed E-state index contributed by atoms with van der Waals surface area (Å²) in [5, 5.41) is 31.0. The minimum Gasteiger partial charge on any atom is -0.308 e. The molecule has 2 aromatic heterocycles. The van der Waals surface area contributed by atoms with E-state index in [0.29, 0.717) is 22.5 Å². The number of nitrogens with zero attached hydrogens (tertiary/aromatic N) is 6. The van der Waals surface area contributed by atoms with Gasteiger partial charge in [0.15, 0.2) is 5.82 Å². The van der Waals surface area contributed by atoms with E-state index in [1.54, 1.807) is 18.2 Å². The van der Waals surface area contributed by atoms with Gasteiger partial charge in [-0.1, -0.05) is 36.4 Å². The molecule has 6 rings (SSSR count). The first-order valence-corrected chi connectivity index (χ1v) is 12.4. The molecule has 39 heavy (non-hydrogen) atoms. The maximum absolute atomic E-state index is 9.82. The van der Waals surface area contributed by atoms with Crippen molar-refractivity contribution in [3.63, 3.8) is 0 Å². The molecule has 0 radical (unpaired) electrons. The monoisotopic (exact) mass is 500 g/mol. The Morgan fingerprint density at radius 2 is 1.28 bits per heavy atom. The molecule has 0 saturated heterocycles. The van der Waals surface area contributed by atoms with Crippen LogP contribution in [0.4, 0.5) is 0 Å². The van der Waals surface area contributed by atoms with Gasteiger partial charge >= 0.3 is 0 Å². The van der Waals surface area contributed by atoms with E-state index in [1.807, 2.05) is 56.3 Å². The third-order valence-corrected chi connectivity index (χ3v) is 6.84. The predicted molar refractivity (Wildman–Crippen MR) is 151 cm³/mol. The van der Waals surface area contributed by atoms with Gasteiger partial charge in [-0.15, -0.1) is 0 Å². The number of fused-ring (bicyclic) bond motifs is 3. The molecule has 6 heteroatoms. The van der Waals surface area contributed by atoms with Crippen LogP contribution >= 0.6 is 0 Å². The van der Waals surface area contributed by atoms with Gasteiger partial charge in [-0.25, -0.2) is 9.97 Å². The quantitative estimate of drug-likeness (QED) is 0.257. The number of nitriles is 3. The lowest BCUT2D eigenvalue weighted by molar-refractivity contribution is 1.05. The van der Waals surface area contributed by atoms with Crippen LogP contribution in [0.1, 0.15) is 28.1 Å². The average Bonchev–Trinajstić information content (AvgIpc) is 3.29. The zero-order chi connectivity index (χ0) is 27.1. The van der Waals surface area contributed by atoms with Gasteiger partial charge in [-0.3, -0.25) is 0 Å². The van der Waals surface area contributed by atoms with E-state index in [4.69, 9.17) is 9.97 Å². The average molecular weight is 501 g/mol. The molecule has 0 amide bonds. The number of hydrogen-bond acceptors (Lipinski definition) is 5. The first kappa shape index (κ1) is 23.6. The summed E-state index contributed by atoms with van der Waals surface area (Å²) < 4.78 is 2.14. The van der Waals surface area contributed by atoms with Crippen LogP contribution in [0.2, 0.25) is 0 Å². The molecule has 0 aliphatic heterocycles. The standard InChI is InChI=1S/C33H20N6/c1-20-13-21(2)38-33(37-20)29-11-8-23(18-35)15-31(29)39-30-6-4-3-5-27(30)28-12-9-24(16-32(28)39)26-10-7-22(17-34)14-25(26)19-36/h3-16H,1-2H3. The lowest BCUT2D eigenvalue weighted by Gasteiger charge is -2.15. The van der Waals surface area contributed by atoms with Gasteiger partial charge in [-0.2, -0.15) is 15.8 Å². The number of benzene rings is 4. The molecular weight excluding hydrogens is 480 g/mol. The summed E-state index contributed by atoms with van der Waals surface area (Å²) in [6.07, 6.45) is 0. The minimum atomic E-state index is 0.437. The highest BCUT2D eigenvalue weighted by Gasteiger charge is 2.19. The molecule has 0 aliphatic rings. The molecule has 6 nitrogen and oxygen atoms in total. The molecule has 0 fully saturated rings. The van der Waals surface area contributed by atoms with Gasteiger partial charge in [0.25, 0.3) is 0 Å². The van der Waals surface area contributed by atoms with Crippen LogP contribution in [0.25, 0.3) is 50.0 Å². The van der Waals surface area contributed by atoms with Crippen molar-refractivity contribution in [3.05, 3.63) is 113 Å². The highest BCUT2D eigenvalue weighted by Crippen LogP contribution is 2.38. The first-order valence-electron chi connectivity index (χ1n) is 12.4. The van der Waals surface area contributed by atoms with Gasteiger partial charge in [0.1, 0.15) is 0 Å². The maximum Gasteiger partial charge on any atom is 0.161 e. The minimum absolute atomic E-state index is 0.437. The molecule has 0 unspecified atom stereocenters. The normalized spacial score (nSPS) is 10.7. The number of aryl methyl sites for hydroxylation is 2. The van der Waals surface area contributed by atoms with Gasteiger partial charge in [0.2, 0.25) is 0 Å². The van der Waals surface area contributed by atoms with Crippen molar-refractivity contribution in [2.24, 2.45) is 0 Å². The van der Waals surface area contributed by atoms with Crippen LogP contribution in [0.3, 0.4) is 0 Å². The molecule has 0 saturated carbocycles. The zero-order valence-electron chi connectivity index (χ0n) is 21.3. The Kier molecular flexibility index (Phi) is 5.61. The summed E-state index contributed by atoms with van der Waals surface area (Å²) in [5.74, 6) is 0.591. The fraction of sp³-hybridized carbons (Fsp3) is 0.0606. The fourth-order valence-electron chi connectivity index (χ4n) is 5.18. The molecule has 0 N–H and O–H groups in total. The van der Waals surface area contributed by atoms with Crippen LogP contribution in [0.15, 0.2) is 84.9 Å². The van der Waals surface area contributed by atoms with Crippen molar-refractivity contribution in [2.75, 3.05) is 0 Å². The Hall–Kier alpha value is -5.77. The van der Waals surface area contributed by atoms with Gasteiger partial charge in [0.05, 0.1) is 51.6 Å². The second-order valence-corrected chi connectivity index (χ2v) is 9.39. The Morgan fingerprint density at radius 3 is 2.00 bits per heavy atom. The third kappa shape index (κ3) is 3.96. The van der Waals surface area contributed by atoms with Crippen molar-refractivity contribution in [1.82, 2.24) is 14.5 Å². The number of para-hydroxylation sites is 1. The summed E-state index contributed by atoms with van der Waals surface area (Å²) >= 11 is 0. The van der Waals surface area contributed by atoms with Gasteiger partial charge < -0.3 is 4.57 Å². The summed E-state index contributed by atoms with van der Waals surface area (Å²) in [6.45, 7) is 3.89. The molecular formula is C33H20N6. The van der Waals surface area contributed by atoms with E-state index in [0.717, 1.165) is 55.6 Å². The van der Waals surface area contributed by atoms with Crippen LogP contribution in [0, 0.1) is 47.8 Å². The topological polar surface area (TPSA) is 102 Å². The van der Waals surface area contributed by atoms with E-state index in [-0.39, 0.29) is 0 Å². The highest BCUT2D eigenvalue weighted by molar-refractivity contribution is 6.10. The predicted octanol–water partition coefficient (Wildman–Crippen LogP) is 7.14. The molecule has 0 bridgehead atoms. The maximum atomic E-state index is 9.82. The van der Waals surface area contributed by atoms with Gasteiger partial charge in [-0.05, 0) is 73.5 Å². The molecule has 182 valence electrons. The molecule has 0 spiro atoms. The van der Waals surface area contributed by atoms with Crippen LogP contribution in [-0.2, 0) is 0 Å². The van der Waals surface area contributed by atoms with E-state index >= 15 is 0 Å². The van der Waals surface area contributed by atoms with E-state index in [9.17, 15) is 15.8 Å². The van der Waals surface area contributed by atoms with E-state index in [2.05, 4.69) is 47.0 Å². The van der Waals surface area contributed by atoms with E-state index in [1.165, 1.54) is 0 Å². The lowest BCUT2D eigenvalue weighted by atomic mass is 9.97. The molecule has 2 heterocycles. The Labute approximate surface area is 225 Å². The number of hydrogen-bond donors (Lipinski definition) is 0. The molecule has 0 atom stereocenters. The van der Waals surface area contributed by atoms with Crippen molar-refractivity contribution in [3.8, 4) is 46.4 Å². The molecule has 6 aromatic rings. The van der Waals surface area contributed by atoms with Crippen LogP contribution in [0.5, 0.6) is 0 Å². The number of aromatic nitrogens is 3. The zero-order valence-corrected chi connectivity index (χ0v) is 21.3. The van der Waals surface area contributed by atoms with Crippen molar-refractivity contribution >= 4 is 21.8 Å². The van der Waals surface area contributed by atoms with Gasteiger partial charge in [0, 0.05) is 27.7 Å². The second-order valence-electron chi connectivity index (χ2n) is 9.39. The molecule has 4 aromatic carbocycles. The lowest BCUT2D eigenvalue weighted by Crippen LogP contribution is -2.02. The highest BCUT2D eigenvalue weighted by atomic mass is 15.0. The summed E-state index contributed by atoms with van der Waals surface area (Å²) in [4.78, 5) is 9.45. The Balaban J connectivity index is 1.71. The molecule has 0 aliphatic carbocycles. The Morgan fingerprint density at radius 1 is 0.615 bits per heavy atom. The SMILES string of the molecule is Cc1cc(C)nc(-c2ccc(C#N)cc2-n2c3ccccc3c3ccc(-c4ccc(C#N)cc4C#N)cc32)n1. The van der Waals surface area contributed by atoms with Crippen LogP contribution in [-0.4, -0.2) is 14.5 Å². The summed E-state index contributed by atoms with van der Waals surface area (Å²) in [5.41, 5.74) is 8.24. The number of rotatable bonds is 3. The Bertz CT molecular complexity index is 2060. The van der Waals surface area contributed by atoms with Crippen molar-refractivity contribution < 1.29 is 0 Å². The van der Waals surface area contributed by atoms with Crippen LogP contribution < -0.4 is 0 Å². The second kappa shape index (κ2) is 9.27. The van der Waals surface area contributed by atoms with Crippen molar-refractivity contribution in [1.29, 1.82) is 15.8 Å². The fourth-order valence-corrected chi connectivity index (χ4v) is 5.18. The summed E-state index contributed by atoms with van der Waals surface area (Å²) in [7, 11) is 0. The van der Waals surface area contributed by atoms with Crippen molar-refractivity contribution in [2.45, 2.75) is 13.8 Å². The summed E-state index contributed by atoms with van der Waals surface area (Å²) in [6, 6.07) is 33.5. The smallest absolute Gasteiger partial charge is 0.161 e. The largest absolute Gasteiger partial charge is 0.308 e. The van der Waals surface area contributed by atoms with E-state index < -0.39 is 0 Å². The first-order chi connectivity index (χ1) is 19.0.